The summed E-state index contributed by atoms with van der Waals surface area (Å²) in [5, 5.41) is 29.7. The first-order valence-electron chi connectivity index (χ1n) is 21.1. The van der Waals surface area contributed by atoms with Gasteiger partial charge in [0.2, 0.25) is 0 Å². The number of ether oxygens (including phenoxy) is 1. The van der Waals surface area contributed by atoms with E-state index in [0.29, 0.717) is 12.8 Å². The second kappa shape index (κ2) is 34.8. The minimum atomic E-state index is -2.25. The first-order valence-corrected chi connectivity index (χ1v) is 21.1. The summed E-state index contributed by atoms with van der Waals surface area (Å²) in [6.45, 7) is 4.57. The van der Waals surface area contributed by atoms with Crippen molar-refractivity contribution in [1.82, 2.24) is 0 Å². The van der Waals surface area contributed by atoms with Crippen LogP contribution in [0.25, 0.3) is 0 Å². The van der Waals surface area contributed by atoms with Crippen molar-refractivity contribution in [2.45, 2.75) is 238 Å². The minimum absolute atomic E-state index is 0.0563. The number of hydrogen-bond donors (Lipinski definition) is 3. The van der Waals surface area contributed by atoms with E-state index in [1.165, 1.54) is 154 Å². The lowest BCUT2D eigenvalue weighted by atomic mass is 9.80. The third-order valence-corrected chi connectivity index (χ3v) is 10.3. The lowest BCUT2D eigenvalue weighted by Crippen LogP contribution is -2.53. The summed E-state index contributed by atoms with van der Waals surface area (Å²) in [6.07, 6.45) is 38.0. The Morgan fingerprint density at radius 3 is 1.00 bits per heavy atom. The monoisotopic (exact) mass is 697 g/mol. The fourth-order valence-corrected chi connectivity index (χ4v) is 7.14. The zero-order chi connectivity index (χ0) is 36.3. The van der Waals surface area contributed by atoms with Gasteiger partial charge >= 0.3 is 17.9 Å². The summed E-state index contributed by atoms with van der Waals surface area (Å²) >= 11 is 0. The zero-order valence-electron chi connectivity index (χ0n) is 32.3. The van der Waals surface area contributed by atoms with Gasteiger partial charge in [0.1, 0.15) is 0 Å². The largest absolute Gasteiger partial charge is 0.481 e. The maximum atomic E-state index is 12.4. The molecule has 0 spiro atoms. The summed E-state index contributed by atoms with van der Waals surface area (Å²) in [5.74, 6) is -5.53. The molecule has 3 N–H and O–H groups in total. The van der Waals surface area contributed by atoms with E-state index in [4.69, 9.17) is 4.74 Å². The molecule has 0 rings (SSSR count). The van der Waals surface area contributed by atoms with Crippen LogP contribution in [-0.4, -0.2) is 45.4 Å². The van der Waals surface area contributed by atoms with Crippen LogP contribution in [0.2, 0.25) is 0 Å². The summed E-state index contributed by atoms with van der Waals surface area (Å²) in [7, 11) is 0. The smallest absolute Gasteiger partial charge is 0.337 e. The number of carboxylic acid groups (broad SMARTS) is 3. The molecule has 0 aliphatic rings. The highest BCUT2D eigenvalue weighted by atomic mass is 16.5. The Balaban J connectivity index is 4.23. The molecule has 0 saturated carbocycles. The lowest BCUT2D eigenvalue weighted by Gasteiger charge is -2.33. The molecule has 0 aromatic rings. The van der Waals surface area contributed by atoms with E-state index in [-0.39, 0.29) is 13.0 Å². The van der Waals surface area contributed by atoms with E-state index in [2.05, 4.69) is 13.8 Å². The highest BCUT2D eigenvalue weighted by Crippen LogP contribution is 2.33. The molecule has 7 nitrogen and oxygen atoms in total. The van der Waals surface area contributed by atoms with Gasteiger partial charge in [-0.25, -0.2) is 4.79 Å². The van der Waals surface area contributed by atoms with E-state index in [1.807, 2.05) is 0 Å². The molecule has 0 fully saturated rings. The van der Waals surface area contributed by atoms with Crippen molar-refractivity contribution in [1.29, 1.82) is 0 Å². The Kier molecular flexibility index (Phi) is 33.6. The van der Waals surface area contributed by atoms with Crippen molar-refractivity contribution >= 4 is 17.9 Å². The van der Waals surface area contributed by atoms with Crippen LogP contribution in [0.1, 0.15) is 232 Å². The lowest BCUT2D eigenvalue weighted by molar-refractivity contribution is -0.189. The quantitative estimate of drug-likeness (QED) is 0.0545. The van der Waals surface area contributed by atoms with Gasteiger partial charge < -0.3 is 20.1 Å². The van der Waals surface area contributed by atoms with E-state index in [1.54, 1.807) is 0 Å². The molecule has 49 heavy (non-hydrogen) atoms. The maximum absolute atomic E-state index is 12.4. The molecular formula is C42H80O7. The molecular weight excluding hydrogens is 616 g/mol. The third-order valence-electron chi connectivity index (χ3n) is 10.3. The molecule has 2 unspecified atom stereocenters. The highest BCUT2D eigenvalue weighted by molar-refractivity contribution is 5.90. The van der Waals surface area contributed by atoms with Crippen molar-refractivity contribution in [2.75, 3.05) is 6.61 Å². The summed E-state index contributed by atoms with van der Waals surface area (Å²) in [6, 6.07) is 0. The van der Waals surface area contributed by atoms with Crippen LogP contribution >= 0.6 is 0 Å². The number of carbonyl (C=O) groups is 3. The molecule has 0 bridgehead atoms. The predicted octanol–water partition coefficient (Wildman–Crippen LogP) is 12.9. The molecule has 0 aliphatic heterocycles. The summed E-state index contributed by atoms with van der Waals surface area (Å²) in [4.78, 5) is 36.4. The maximum Gasteiger partial charge on any atom is 0.337 e. The molecule has 0 radical (unpaired) electrons. The second-order valence-corrected chi connectivity index (χ2v) is 14.9. The molecule has 0 aromatic heterocycles. The predicted molar refractivity (Wildman–Crippen MR) is 203 cm³/mol. The van der Waals surface area contributed by atoms with Gasteiger partial charge in [0.15, 0.2) is 5.60 Å². The van der Waals surface area contributed by atoms with Gasteiger partial charge in [0.25, 0.3) is 0 Å². The SMILES string of the molecule is CCCCCCCCCCCCCCCCCCOC(CC(=O)O)(C(=O)O)C(CCCCCCCCCCCCCCCCCC)C(=O)O. The van der Waals surface area contributed by atoms with E-state index >= 15 is 0 Å². The van der Waals surface area contributed by atoms with Crippen molar-refractivity contribution in [3.05, 3.63) is 0 Å². The average Bonchev–Trinajstić information content (AvgIpc) is 3.06. The number of hydrogen-bond acceptors (Lipinski definition) is 4. The van der Waals surface area contributed by atoms with E-state index < -0.39 is 35.8 Å². The standard InChI is InChI=1S/C42H80O7/c1-3-5-7-9-11-13-15-17-19-21-23-25-27-29-31-33-35-38(40(45)46)42(41(47)48,37-39(43)44)49-36-34-32-30-28-26-24-22-20-18-16-14-12-10-8-6-4-2/h38H,3-37H2,1-2H3,(H,43,44)(H,45,46)(H,47,48). The normalized spacial score (nSPS) is 13.3. The molecule has 2 atom stereocenters. The van der Waals surface area contributed by atoms with Crippen LogP contribution in [0.3, 0.4) is 0 Å². The van der Waals surface area contributed by atoms with Crippen LogP contribution < -0.4 is 0 Å². The van der Waals surface area contributed by atoms with Crippen LogP contribution in [-0.2, 0) is 19.1 Å². The summed E-state index contributed by atoms with van der Waals surface area (Å²) < 4.78 is 5.76. The third kappa shape index (κ3) is 27.7. The van der Waals surface area contributed by atoms with Gasteiger partial charge in [-0.15, -0.1) is 0 Å². The molecule has 0 aliphatic carbocycles. The second-order valence-electron chi connectivity index (χ2n) is 14.9. The van der Waals surface area contributed by atoms with Crippen LogP contribution in [0.5, 0.6) is 0 Å². The van der Waals surface area contributed by atoms with Gasteiger partial charge in [0, 0.05) is 6.61 Å². The fourth-order valence-electron chi connectivity index (χ4n) is 7.14. The molecule has 0 saturated heterocycles. The van der Waals surface area contributed by atoms with Crippen molar-refractivity contribution in [2.24, 2.45) is 5.92 Å². The Morgan fingerprint density at radius 1 is 0.449 bits per heavy atom. The van der Waals surface area contributed by atoms with Gasteiger partial charge in [0.05, 0.1) is 12.3 Å². The van der Waals surface area contributed by atoms with E-state index in [9.17, 15) is 29.7 Å². The van der Waals surface area contributed by atoms with Gasteiger partial charge in [-0.2, -0.15) is 0 Å². The Bertz CT molecular complexity index is 770. The Morgan fingerprint density at radius 2 is 0.735 bits per heavy atom. The Labute approximate surface area is 302 Å². The van der Waals surface area contributed by atoms with Gasteiger partial charge in [-0.3, -0.25) is 9.59 Å². The number of aliphatic carboxylic acids is 3. The van der Waals surface area contributed by atoms with Crippen LogP contribution in [0.15, 0.2) is 0 Å². The fraction of sp³-hybridized carbons (Fsp3) is 0.929. The first kappa shape index (κ1) is 47.4. The van der Waals surface area contributed by atoms with Crippen LogP contribution in [0, 0.1) is 5.92 Å². The molecule has 290 valence electrons. The van der Waals surface area contributed by atoms with Gasteiger partial charge in [-0.1, -0.05) is 213 Å². The van der Waals surface area contributed by atoms with Crippen molar-refractivity contribution in [3.63, 3.8) is 0 Å². The van der Waals surface area contributed by atoms with Gasteiger partial charge in [-0.05, 0) is 12.8 Å². The minimum Gasteiger partial charge on any atom is -0.481 e. The summed E-state index contributed by atoms with van der Waals surface area (Å²) in [5.41, 5.74) is -2.25. The number of carboxylic acids is 3. The Hall–Kier alpha value is -1.63. The molecule has 0 heterocycles. The average molecular weight is 697 g/mol. The highest BCUT2D eigenvalue weighted by Gasteiger charge is 2.52. The van der Waals surface area contributed by atoms with Crippen LogP contribution in [0.4, 0.5) is 0 Å². The zero-order valence-corrected chi connectivity index (χ0v) is 32.3. The molecule has 7 heteroatoms. The number of unbranched alkanes of at least 4 members (excludes halogenated alkanes) is 30. The molecule has 0 amide bonds. The van der Waals surface area contributed by atoms with E-state index in [0.717, 1.165) is 38.5 Å². The van der Waals surface area contributed by atoms with Crippen molar-refractivity contribution < 1.29 is 34.4 Å². The molecule has 0 aromatic carbocycles. The topological polar surface area (TPSA) is 121 Å². The first-order chi connectivity index (χ1) is 23.8. The van der Waals surface area contributed by atoms with Crippen molar-refractivity contribution in [3.8, 4) is 0 Å². The number of rotatable bonds is 40.